The third-order valence-corrected chi connectivity index (χ3v) is 5.18. The quantitative estimate of drug-likeness (QED) is 0.709. The van der Waals surface area contributed by atoms with E-state index in [1.165, 1.54) is 25.7 Å². The number of halogens is 1. The molecule has 8 heteroatoms. The molecule has 0 unspecified atom stereocenters. The van der Waals surface area contributed by atoms with Crippen molar-refractivity contribution in [2.75, 3.05) is 49.2 Å². The predicted molar refractivity (Wildman–Crippen MR) is 104 cm³/mol. The highest BCUT2D eigenvalue weighted by Crippen LogP contribution is 2.23. The number of rotatable bonds is 3. The molecule has 0 saturated carbocycles. The molecular formula is C18H23BrN6O. The van der Waals surface area contributed by atoms with Crippen LogP contribution in [0.1, 0.15) is 25.7 Å². The van der Waals surface area contributed by atoms with Crippen LogP contribution in [0.5, 0.6) is 0 Å². The van der Waals surface area contributed by atoms with Crippen molar-refractivity contribution in [2.24, 2.45) is 0 Å². The number of nitrogens with zero attached hydrogens (tertiary/aromatic N) is 6. The second-order valence-electron chi connectivity index (χ2n) is 6.61. The first-order valence-corrected chi connectivity index (χ1v) is 10.1. The molecule has 2 saturated heterocycles. The summed E-state index contributed by atoms with van der Waals surface area (Å²) in [5, 5.41) is 0. The molecular weight excluding hydrogens is 396 g/mol. The van der Waals surface area contributed by atoms with Gasteiger partial charge in [-0.15, -0.1) is 0 Å². The van der Waals surface area contributed by atoms with Gasteiger partial charge in [0.2, 0.25) is 11.9 Å². The molecule has 7 nitrogen and oxygen atoms in total. The number of hydrogen-bond acceptors (Lipinski definition) is 7. The minimum Gasteiger partial charge on any atom is -0.378 e. The molecule has 0 atom stereocenters. The highest BCUT2D eigenvalue weighted by molar-refractivity contribution is 9.10. The lowest BCUT2D eigenvalue weighted by molar-refractivity contribution is 0.122. The van der Waals surface area contributed by atoms with Gasteiger partial charge in [0.1, 0.15) is 10.3 Å². The lowest BCUT2D eigenvalue weighted by atomic mass is 10.2. The maximum atomic E-state index is 5.47. The summed E-state index contributed by atoms with van der Waals surface area (Å²) in [6.07, 6.45) is 4.92. The number of aromatic nitrogens is 4. The Morgan fingerprint density at radius 2 is 1.42 bits per heavy atom. The molecule has 2 fully saturated rings. The van der Waals surface area contributed by atoms with Crippen molar-refractivity contribution in [3.8, 4) is 11.5 Å². The van der Waals surface area contributed by atoms with E-state index in [0.717, 1.165) is 48.4 Å². The summed E-state index contributed by atoms with van der Waals surface area (Å²) in [7, 11) is 0. The van der Waals surface area contributed by atoms with Crippen molar-refractivity contribution >= 4 is 27.8 Å². The Bertz CT molecular complexity index is 744. The Morgan fingerprint density at radius 3 is 2.08 bits per heavy atom. The van der Waals surface area contributed by atoms with Gasteiger partial charge in [-0.2, -0.15) is 15.0 Å². The zero-order valence-corrected chi connectivity index (χ0v) is 16.4. The molecule has 0 aromatic carbocycles. The number of pyridine rings is 1. The van der Waals surface area contributed by atoms with Crippen LogP contribution >= 0.6 is 15.9 Å². The van der Waals surface area contributed by atoms with Gasteiger partial charge in [-0.25, -0.2) is 4.98 Å². The molecule has 138 valence electrons. The Hall–Kier alpha value is -1.80. The van der Waals surface area contributed by atoms with E-state index in [1.54, 1.807) is 0 Å². The standard InChI is InChI=1S/C18H23BrN6O/c19-15-7-5-6-14(20-15)16-21-17(24-8-3-1-2-4-9-24)23-18(22-16)25-10-12-26-13-11-25/h5-7H,1-4,8-13H2. The number of anilines is 2. The van der Waals surface area contributed by atoms with Crippen LogP contribution < -0.4 is 9.80 Å². The highest BCUT2D eigenvalue weighted by atomic mass is 79.9. The van der Waals surface area contributed by atoms with Crippen LogP contribution in [-0.2, 0) is 4.74 Å². The third-order valence-electron chi connectivity index (χ3n) is 4.74. The molecule has 2 aromatic heterocycles. The summed E-state index contributed by atoms with van der Waals surface area (Å²) in [5.74, 6) is 2.11. The lowest BCUT2D eigenvalue weighted by Crippen LogP contribution is -2.38. The summed E-state index contributed by atoms with van der Waals surface area (Å²) in [4.78, 5) is 23.3. The molecule has 26 heavy (non-hydrogen) atoms. The van der Waals surface area contributed by atoms with Crippen LogP contribution in [0.2, 0.25) is 0 Å². The fourth-order valence-corrected chi connectivity index (χ4v) is 3.66. The Labute approximate surface area is 162 Å². The average Bonchev–Trinajstić information content (AvgIpc) is 2.98. The zero-order valence-electron chi connectivity index (χ0n) is 14.8. The first-order chi connectivity index (χ1) is 12.8. The Morgan fingerprint density at radius 1 is 0.769 bits per heavy atom. The minimum absolute atomic E-state index is 0.627. The monoisotopic (exact) mass is 418 g/mol. The zero-order chi connectivity index (χ0) is 17.8. The van der Waals surface area contributed by atoms with Gasteiger partial charge in [-0.05, 0) is 40.9 Å². The van der Waals surface area contributed by atoms with Crippen LogP contribution in [0, 0.1) is 0 Å². The molecule has 2 aliphatic rings. The smallest absolute Gasteiger partial charge is 0.230 e. The van der Waals surface area contributed by atoms with E-state index >= 15 is 0 Å². The van der Waals surface area contributed by atoms with Gasteiger partial charge in [0.25, 0.3) is 0 Å². The fraction of sp³-hybridized carbons (Fsp3) is 0.556. The van der Waals surface area contributed by atoms with Crippen LogP contribution in [0.3, 0.4) is 0 Å². The molecule has 4 rings (SSSR count). The van der Waals surface area contributed by atoms with Gasteiger partial charge in [0, 0.05) is 26.2 Å². The minimum atomic E-state index is 0.627. The summed E-state index contributed by atoms with van der Waals surface area (Å²) in [6, 6.07) is 5.80. The first-order valence-electron chi connectivity index (χ1n) is 9.26. The third kappa shape index (κ3) is 4.12. The topological polar surface area (TPSA) is 67.3 Å². The summed E-state index contributed by atoms with van der Waals surface area (Å²) >= 11 is 3.44. The van der Waals surface area contributed by atoms with Gasteiger partial charge in [-0.1, -0.05) is 18.9 Å². The van der Waals surface area contributed by atoms with E-state index in [1.807, 2.05) is 18.2 Å². The molecule has 0 N–H and O–H groups in total. The average molecular weight is 419 g/mol. The van der Waals surface area contributed by atoms with Gasteiger partial charge in [0.15, 0.2) is 5.82 Å². The normalized spacial score (nSPS) is 18.7. The van der Waals surface area contributed by atoms with E-state index in [4.69, 9.17) is 19.7 Å². The predicted octanol–water partition coefficient (Wildman–Crippen LogP) is 2.91. The van der Waals surface area contributed by atoms with Gasteiger partial charge >= 0.3 is 0 Å². The van der Waals surface area contributed by atoms with Crippen molar-refractivity contribution in [1.29, 1.82) is 0 Å². The van der Waals surface area contributed by atoms with Crippen LogP contribution in [0.25, 0.3) is 11.5 Å². The van der Waals surface area contributed by atoms with E-state index < -0.39 is 0 Å². The van der Waals surface area contributed by atoms with Gasteiger partial charge in [0.05, 0.1) is 13.2 Å². The van der Waals surface area contributed by atoms with Crippen molar-refractivity contribution in [3.63, 3.8) is 0 Å². The number of morpholine rings is 1. The molecule has 2 aromatic rings. The lowest BCUT2D eigenvalue weighted by Gasteiger charge is -2.28. The Balaban J connectivity index is 1.73. The van der Waals surface area contributed by atoms with Crippen molar-refractivity contribution in [1.82, 2.24) is 19.9 Å². The summed E-state index contributed by atoms with van der Waals surface area (Å²) in [5.41, 5.74) is 0.757. The molecule has 0 spiro atoms. The second kappa shape index (κ2) is 8.26. The van der Waals surface area contributed by atoms with Crippen molar-refractivity contribution < 1.29 is 4.74 Å². The SMILES string of the molecule is Brc1cccc(-c2nc(N3CCCCCC3)nc(N3CCOCC3)n2)n1. The molecule has 2 aliphatic heterocycles. The molecule has 0 aliphatic carbocycles. The summed E-state index contributed by atoms with van der Waals surface area (Å²) < 4.78 is 6.25. The maximum Gasteiger partial charge on any atom is 0.230 e. The summed E-state index contributed by atoms with van der Waals surface area (Å²) in [6.45, 7) is 5.00. The highest BCUT2D eigenvalue weighted by Gasteiger charge is 2.21. The number of hydrogen-bond donors (Lipinski definition) is 0. The molecule has 0 amide bonds. The van der Waals surface area contributed by atoms with E-state index in [9.17, 15) is 0 Å². The van der Waals surface area contributed by atoms with Crippen molar-refractivity contribution in [2.45, 2.75) is 25.7 Å². The number of ether oxygens (including phenoxy) is 1. The first kappa shape index (κ1) is 17.6. The molecule has 0 bridgehead atoms. The van der Waals surface area contributed by atoms with Crippen LogP contribution in [0.4, 0.5) is 11.9 Å². The van der Waals surface area contributed by atoms with Crippen LogP contribution in [0.15, 0.2) is 22.8 Å². The second-order valence-corrected chi connectivity index (χ2v) is 7.42. The van der Waals surface area contributed by atoms with Gasteiger partial charge < -0.3 is 14.5 Å². The van der Waals surface area contributed by atoms with E-state index in [0.29, 0.717) is 19.0 Å². The van der Waals surface area contributed by atoms with Gasteiger partial charge in [-0.3, -0.25) is 0 Å². The fourth-order valence-electron chi connectivity index (χ4n) is 3.32. The van der Waals surface area contributed by atoms with E-state index in [-0.39, 0.29) is 0 Å². The van der Waals surface area contributed by atoms with E-state index in [2.05, 4.69) is 30.7 Å². The van der Waals surface area contributed by atoms with Crippen molar-refractivity contribution in [3.05, 3.63) is 22.8 Å². The maximum absolute atomic E-state index is 5.47. The van der Waals surface area contributed by atoms with Crippen LogP contribution in [-0.4, -0.2) is 59.3 Å². The largest absolute Gasteiger partial charge is 0.378 e. The Kier molecular flexibility index (Phi) is 5.59. The molecule has 4 heterocycles. The molecule has 0 radical (unpaired) electrons.